The summed E-state index contributed by atoms with van der Waals surface area (Å²) in [6.45, 7) is 8.34. The van der Waals surface area contributed by atoms with Crippen molar-refractivity contribution in [1.82, 2.24) is 14.7 Å². The second kappa shape index (κ2) is 4.54. The Kier molecular flexibility index (Phi) is 3.32. The van der Waals surface area contributed by atoms with Gasteiger partial charge in [-0.05, 0) is 32.9 Å². The van der Waals surface area contributed by atoms with Crippen LogP contribution >= 0.6 is 11.6 Å². The molecule has 1 aliphatic rings. The van der Waals surface area contributed by atoms with Gasteiger partial charge in [0.05, 0.1) is 12.2 Å². The standard InChI is InChI=1S/C11H18ClN3/c1-9-7-10(2)15(13-9)6-5-14-4-3-11(12)8-14/h7,11H,3-6,8H2,1-2H3. The van der Waals surface area contributed by atoms with Gasteiger partial charge in [0.2, 0.25) is 0 Å². The number of rotatable bonds is 3. The van der Waals surface area contributed by atoms with Crippen molar-refractivity contribution in [2.45, 2.75) is 32.2 Å². The Balaban J connectivity index is 1.85. The number of hydrogen-bond donors (Lipinski definition) is 0. The zero-order chi connectivity index (χ0) is 10.8. The van der Waals surface area contributed by atoms with Crippen molar-refractivity contribution in [2.24, 2.45) is 0 Å². The molecule has 0 aromatic carbocycles. The maximum absolute atomic E-state index is 6.06. The minimum atomic E-state index is 0.352. The van der Waals surface area contributed by atoms with Crippen LogP contribution in [0.3, 0.4) is 0 Å². The molecule has 2 heterocycles. The summed E-state index contributed by atoms with van der Waals surface area (Å²) in [6, 6.07) is 2.12. The van der Waals surface area contributed by atoms with Crippen LogP contribution in [0.1, 0.15) is 17.8 Å². The van der Waals surface area contributed by atoms with Crippen molar-refractivity contribution < 1.29 is 0 Å². The minimum Gasteiger partial charge on any atom is -0.300 e. The van der Waals surface area contributed by atoms with Gasteiger partial charge in [0.1, 0.15) is 0 Å². The zero-order valence-corrected chi connectivity index (χ0v) is 10.2. The summed E-state index contributed by atoms with van der Waals surface area (Å²) in [5, 5.41) is 4.80. The Labute approximate surface area is 96.0 Å². The summed E-state index contributed by atoms with van der Waals surface area (Å²) in [7, 11) is 0. The summed E-state index contributed by atoms with van der Waals surface area (Å²) in [5.74, 6) is 0. The molecular formula is C11H18ClN3. The van der Waals surface area contributed by atoms with E-state index in [0.717, 1.165) is 38.3 Å². The number of alkyl halides is 1. The predicted octanol–water partition coefficient (Wildman–Crippen LogP) is 1.81. The van der Waals surface area contributed by atoms with Crippen LogP contribution in [0.25, 0.3) is 0 Å². The van der Waals surface area contributed by atoms with Gasteiger partial charge in [-0.1, -0.05) is 0 Å². The van der Waals surface area contributed by atoms with E-state index in [1.165, 1.54) is 5.69 Å². The van der Waals surface area contributed by atoms with Crippen LogP contribution < -0.4 is 0 Å². The van der Waals surface area contributed by atoms with E-state index in [9.17, 15) is 0 Å². The van der Waals surface area contributed by atoms with Crippen LogP contribution in [0.5, 0.6) is 0 Å². The van der Waals surface area contributed by atoms with E-state index in [0.29, 0.717) is 5.38 Å². The molecule has 0 amide bonds. The van der Waals surface area contributed by atoms with E-state index < -0.39 is 0 Å². The lowest BCUT2D eigenvalue weighted by Crippen LogP contribution is -2.26. The third kappa shape index (κ3) is 2.73. The highest BCUT2D eigenvalue weighted by Crippen LogP contribution is 2.14. The van der Waals surface area contributed by atoms with Crippen molar-refractivity contribution in [3.8, 4) is 0 Å². The Bertz CT molecular complexity index is 335. The molecule has 3 nitrogen and oxygen atoms in total. The van der Waals surface area contributed by atoms with Crippen LogP contribution in [0, 0.1) is 13.8 Å². The largest absolute Gasteiger partial charge is 0.300 e. The van der Waals surface area contributed by atoms with Gasteiger partial charge in [-0.3, -0.25) is 9.58 Å². The molecule has 2 rings (SSSR count). The van der Waals surface area contributed by atoms with Gasteiger partial charge < -0.3 is 0 Å². The Morgan fingerprint density at radius 3 is 2.80 bits per heavy atom. The van der Waals surface area contributed by atoms with Crippen LogP contribution in [0.2, 0.25) is 0 Å². The first kappa shape index (κ1) is 11.0. The first-order valence-corrected chi connectivity index (χ1v) is 5.96. The van der Waals surface area contributed by atoms with Gasteiger partial charge in [0.25, 0.3) is 0 Å². The third-order valence-corrected chi connectivity index (χ3v) is 3.30. The third-order valence-electron chi connectivity index (χ3n) is 2.95. The summed E-state index contributed by atoms with van der Waals surface area (Å²) < 4.78 is 2.08. The molecule has 1 aromatic rings. The monoisotopic (exact) mass is 227 g/mol. The molecule has 0 radical (unpaired) electrons. The second-order valence-corrected chi connectivity index (χ2v) is 4.95. The molecule has 0 bridgehead atoms. The SMILES string of the molecule is Cc1cc(C)n(CCN2CCC(Cl)C2)n1. The van der Waals surface area contributed by atoms with Crippen LogP contribution in [0.4, 0.5) is 0 Å². The summed E-state index contributed by atoms with van der Waals surface area (Å²) in [6.07, 6.45) is 1.12. The number of likely N-dealkylation sites (tertiary alicyclic amines) is 1. The fraction of sp³-hybridized carbons (Fsp3) is 0.727. The van der Waals surface area contributed by atoms with Gasteiger partial charge in [-0.25, -0.2) is 0 Å². The Morgan fingerprint density at radius 1 is 1.47 bits per heavy atom. The summed E-state index contributed by atoms with van der Waals surface area (Å²) in [5.41, 5.74) is 2.35. The molecule has 0 N–H and O–H groups in total. The zero-order valence-electron chi connectivity index (χ0n) is 9.41. The lowest BCUT2D eigenvalue weighted by molar-refractivity contribution is 0.314. The molecule has 0 aliphatic carbocycles. The number of aromatic nitrogens is 2. The minimum absolute atomic E-state index is 0.352. The van der Waals surface area contributed by atoms with E-state index >= 15 is 0 Å². The number of nitrogens with zero attached hydrogens (tertiary/aromatic N) is 3. The fourth-order valence-electron chi connectivity index (χ4n) is 2.13. The van der Waals surface area contributed by atoms with Crippen molar-refractivity contribution in [3.05, 3.63) is 17.5 Å². The molecule has 1 atom stereocenters. The average molecular weight is 228 g/mol. The van der Waals surface area contributed by atoms with Gasteiger partial charge in [0, 0.05) is 24.2 Å². The number of aryl methyl sites for hydroxylation is 2. The first-order valence-electron chi connectivity index (χ1n) is 5.52. The van der Waals surface area contributed by atoms with Crippen molar-refractivity contribution in [3.63, 3.8) is 0 Å². The molecule has 15 heavy (non-hydrogen) atoms. The lowest BCUT2D eigenvalue weighted by Gasteiger charge is -2.15. The van der Waals surface area contributed by atoms with Crippen molar-refractivity contribution >= 4 is 11.6 Å². The van der Waals surface area contributed by atoms with E-state index in [-0.39, 0.29) is 0 Å². The van der Waals surface area contributed by atoms with E-state index in [2.05, 4.69) is 27.7 Å². The van der Waals surface area contributed by atoms with Gasteiger partial charge >= 0.3 is 0 Å². The van der Waals surface area contributed by atoms with E-state index in [1.807, 2.05) is 6.92 Å². The number of hydrogen-bond acceptors (Lipinski definition) is 2. The molecule has 1 aromatic heterocycles. The smallest absolute Gasteiger partial charge is 0.0596 e. The molecule has 1 unspecified atom stereocenters. The topological polar surface area (TPSA) is 21.1 Å². The highest BCUT2D eigenvalue weighted by atomic mass is 35.5. The molecule has 1 aliphatic heterocycles. The molecule has 1 saturated heterocycles. The van der Waals surface area contributed by atoms with Gasteiger partial charge in [0.15, 0.2) is 0 Å². The molecule has 0 saturated carbocycles. The molecular weight excluding hydrogens is 210 g/mol. The lowest BCUT2D eigenvalue weighted by atomic mass is 10.4. The highest BCUT2D eigenvalue weighted by Gasteiger charge is 2.19. The summed E-state index contributed by atoms with van der Waals surface area (Å²) in [4.78, 5) is 2.41. The van der Waals surface area contributed by atoms with Crippen LogP contribution in [0.15, 0.2) is 6.07 Å². The molecule has 84 valence electrons. The summed E-state index contributed by atoms with van der Waals surface area (Å²) >= 11 is 6.06. The second-order valence-electron chi connectivity index (χ2n) is 4.34. The maximum Gasteiger partial charge on any atom is 0.0596 e. The average Bonchev–Trinajstić information content (AvgIpc) is 2.70. The van der Waals surface area contributed by atoms with Crippen molar-refractivity contribution in [2.75, 3.05) is 19.6 Å². The number of halogens is 1. The molecule has 4 heteroatoms. The first-order chi connectivity index (χ1) is 7.15. The van der Waals surface area contributed by atoms with Crippen LogP contribution in [-0.4, -0.2) is 39.7 Å². The quantitative estimate of drug-likeness (QED) is 0.735. The maximum atomic E-state index is 6.06. The van der Waals surface area contributed by atoms with Gasteiger partial charge in [-0.2, -0.15) is 5.10 Å². The Hall–Kier alpha value is -0.540. The normalized spacial score (nSPS) is 22.5. The van der Waals surface area contributed by atoms with Crippen LogP contribution in [-0.2, 0) is 6.54 Å². The van der Waals surface area contributed by atoms with Gasteiger partial charge in [-0.15, -0.1) is 11.6 Å². The fourth-order valence-corrected chi connectivity index (χ4v) is 2.42. The molecule has 0 spiro atoms. The van der Waals surface area contributed by atoms with E-state index in [1.54, 1.807) is 0 Å². The van der Waals surface area contributed by atoms with Crippen molar-refractivity contribution in [1.29, 1.82) is 0 Å². The predicted molar refractivity (Wildman–Crippen MR) is 62.4 cm³/mol. The Morgan fingerprint density at radius 2 is 2.27 bits per heavy atom. The highest BCUT2D eigenvalue weighted by molar-refractivity contribution is 6.20. The molecule has 1 fully saturated rings. The van der Waals surface area contributed by atoms with E-state index in [4.69, 9.17) is 11.6 Å².